The lowest BCUT2D eigenvalue weighted by molar-refractivity contribution is -0.126. The van der Waals surface area contributed by atoms with E-state index in [0.29, 0.717) is 30.7 Å². The molecule has 1 heterocycles. The quantitative estimate of drug-likeness (QED) is 0.832. The first-order valence-corrected chi connectivity index (χ1v) is 9.67. The SMILES string of the molecule is Cc1ccc(C2=CC(C3(O)CCC(=O)CC3)NN2c2ccc(Cl)cc2)cc1. The fourth-order valence-corrected chi connectivity index (χ4v) is 3.91. The predicted molar refractivity (Wildman–Crippen MR) is 108 cm³/mol. The number of aryl methyl sites for hydroxylation is 1. The first-order valence-electron chi connectivity index (χ1n) is 9.29. The zero-order valence-corrected chi connectivity index (χ0v) is 16.0. The van der Waals surface area contributed by atoms with Crippen molar-refractivity contribution < 1.29 is 9.90 Å². The molecule has 2 aromatic rings. The number of halogens is 1. The van der Waals surface area contributed by atoms with E-state index >= 15 is 0 Å². The largest absolute Gasteiger partial charge is 0.388 e. The van der Waals surface area contributed by atoms with Crippen molar-refractivity contribution in [3.8, 4) is 0 Å². The molecule has 1 aliphatic carbocycles. The van der Waals surface area contributed by atoms with Crippen molar-refractivity contribution in [1.29, 1.82) is 0 Å². The molecule has 27 heavy (non-hydrogen) atoms. The molecule has 1 unspecified atom stereocenters. The first-order chi connectivity index (χ1) is 12.9. The van der Waals surface area contributed by atoms with Gasteiger partial charge in [0.25, 0.3) is 0 Å². The van der Waals surface area contributed by atoms with Gasteiger partial charge in [-0.2, -0.15) is 0 Å². The molecule has 0 amide bonds. The molecule has 4 nitrogen and oxygen atoms in total. The van der Waals surface area contributed by atoms with Crippen LogP contribution in [-0.4, -0.2) is 22.5 Å². The van der Waals surface area contributed by atoms with Gasteiger partial charge in [-0.15, -0.1) is 0 Å². The van der Waals surface area contributed by atoms with Gasteiger partial charge in [0, 0.05) is 17.9 Å². The van der Waals surface area contributed by atoms with Crippen LogP contribution in [0.15, 0.2) is 54.6 Å². The zero-order chi connectivity index (χ0) is 19.0. The Balaban J connectivity index is 1.70. The number of carbonyl (C=O) groups excluding carboxylic acids is 1. The Bertz CT molecular complexity index is 864. The summed E-state index contributed by atoms with van der Waals surface area (Å²) in [6, 6.07) is 15.7. The van der Waals surface area contributed by atoms with Crippen LogP contribution >= 0.6 is 11.6 Å². The maximum absolute atomic E-state index is 11.6. The summed E-state index contributed by atoms with van der Waals surface area (Å²) < 4.78 is 0. The molecule has 0 radical (unpaired) electrons. The number of hydrogen-bond acceptors (Lipinski definition) is 4. The topological polar surface area (TPSA) is 52.6 Å². The number of hydrogen-bond donors (Lipinski definition) is 2. The molecular formula is C22H23ClN2O2. The third kappa shape index (κ3) is 3.65. The minimum absolute atomic E-state index is 0.231. The number of carbonyl (C=O) groups is 1. The van der Waals surface area contributed by atoms with Gasteiger partial charge >= 0.3 is 0 Å². The molecule has 0 aromatic heterocycles. The molecule has 2 N–H and O–H groups in total. The third-order valence-electron chi connectivity index (χ3n) is 5.52. The normalized spacial score (nSPS) is 22.0. The van der Waals surface area contributed by atoms with E-state index < -0.39 is 5.60 Å². The second-order valence-corrected chi connectivity index (χ2v) is 7.92. The van der Waals surface area contributed by atoms with Gasteiger partial charge in [-0.1, -0.05) is 41.4 Å². The Labute approximate surface area is 164 Å². The summed E-state index contributed by atoms with van der Waals surface area (Å²) in [6.07, 6.45) is 3.91. The number of aliphatic hydroxyl groups is 1. The number of ketones is 1. The minimum atomic E-state index is -0.926. The van der Waals surface area contributed by atoms with Gasteiger partial charge in [-0.05, 0) is 55.7 Å². The van der Waals surface area contributed by atoms with Crippen LogP contribution in [0.25, 0.3) is 5.70 Å². The van der Waals surface area contributed by atoms with Crippen LogP contribution in [0, 0.1) is 6.92 Å². The van der Waals surface area contributed by atoms with Gasteiger partial charge in [-0.25, -0.2) is 5.43 Å². The smallest absolute Gasteiger partial charge is 0.133 e. The number of hydrazine groups is 1. The molecule has 4 rings (SSSR count). The van der Waals surface area contributed by atoms with Gasteiger partial charge in [0.15, 0.2) is 0 Å². The Morgan fingerprint density at radius 1 is 1.07 bits per heavy atom. The molecule has 0 spiro atoms. The van der Waals surface area contributed by atoms with Crippen LogP contribution < -0.4 is 10.4 Å². The number of rotatable bonds is 3. The van der Waals surface area contributed by atoms with Crippen molar-refractivity contribution in [2.45, 2.75) is 44.2 Å². The monoisotopic (exact) mass is 382 g/mol. The summed E-state index contributed by atoms with van der Waals surface area (Å²) >= 11 is 6.05. The number of nitrogens with zero attached hydrogens (tertiary/aromatic N) is 1. The highest BCUT2D eigenvalue weighted by Gasteiger charge is 2.43. The van der Waals surface area contributed by atoms with E-state index in [1.54, 1.807) is 0 Å². The first kappa shape index (κ1) is 18.2. The van der Waals surface area contributed by atoms with Gasteiger partial charge in [-0.3, -0.25) is 9.80 Å². The second-order valence-electron chi connectivity index (χ2n) is 7.48. The summed E-state index contributed by atoms with van der Waals surface area (Å²) in [7, 11) is 0. The number of nitrogens with one attached hydrogen (secondary N) is 1. The van der Waals surface area contributed by atoms with Crippen LogP contribution in [0.4, 0.5) is 5.69 Å². The summed E-state index contributed by atoms with van der Waals surface area (Å²) in [5.74, 6) is 0.231. The summed E-state index contributed by atoms with van der Waals surface area (Å²) in [5.41, 5.74) is 6.74. The van der Waals surface area contributed by atoms with E-state index in [2.05, 4.69) is 42.7 Å². The zero-order valence-electron chi connectivity index (χ0n) is 15.3. The molecular weight excluding hydrogens is 360 g/mol. The predicted octanol–water partition coefficient (Wildman–Crippen LogP) is 4.26. The fraction of sp³-hybridized carbons (Fsp3) is 0.318. The number of Topliss-reactive ketones (excluding diaryl/α,β-unsaturated/α-hetero) is 1. The lowest BCUT2D eigenvalue weighted by Gasteiger charge is -2.37. The maximum atomic E-state index is 11.6. The maximum Gasteiger partial charge on any atom is 0.133 e. The Hall–Kier alpha value is -2.14. The van der Waals surface area contributed by atoms with Crippen LogP contribution in [0.5, 0.6) is 0 Å². The molecule has 1 atom stereocenters. The standard InChI is InChI=1S/C22H23ClN2O2/c1-15-2-4-16(5-3-15)20-14-21(22(27)12-10-19(26)11-13-22)24-25(20)18-8-6-17(23)7-9-18/h2-9,14,21,24,27H,10-13H2,1H3. The number of anilines is 1. The van der Waals surface area contributed by atoms with Crippen molar-refractivity contribution in [1.82, 2.24) is 5.43 Å². The van der Waals surface area contributed by atoms with Gasteiger partial charge < -0.3 is 5.11 Å². The van der Waals surface area contributed by atoms with Crippen LogP contribution in [0.1, 0.15) is 36.8 Å². The highest BCUT2D eigenvalue weighted by Crippen LogP contribution is 2.37. The van der Waals surface area contributed by atoms with Crippen molar-refractivity contribution in [2.24, 2.45) is 0 Å². The van der Waals surface area contributed by atoms with Crippen LogP contribution in [0.2, 0.25) is 5.02 Å². The van der Waals surface area contributed by atoms with Crippen LogP contribution in [-0.2, 0) is 4.79 Å². The van der Waals surface area contributed by atoms with E-state index in [4.69, 9.17) is 11.6 Å². The summed E-state index contributed by atoms with van der Waals surface area (Å²) in [5, 5.41) is 13.9. The van der Waals surface area contributed by atoms with Gasteiger partial charge in [0.2, 0.25) is 0 Å². The molecule has 1 fully saturated rings. The van der Waals surface area contributed by atoms with E-state index in [0.717, 1.165) is 16.9 Å². The minimum Gasteiger partial charge on any atom is -0.388 e. The van der Waals surface area contributed by atoms with E-state index in [9.17, 15) is 9.90 Å². The van der Waals surface area contributed by atoms with E-state index in [1.165, 1.54) is 5.56 Å². The lowest BCUT2D eigenvalue weighted by Crippen LogP contribution is -2.53. The number of benzene rings is 2. The molecule has 1 aliphatic heterocycles. The lowest BCUT2D eigenvalue weighted by atomic mass is 9.79. The third-order valence-corrected chi connectivity index (χ3v) is 5.77. The highest BCUT2D eigenvalue weighted by molar-refractivity contribution is 6.30. The fourth-order valence-electron chi connectivity index (χ4n) is 3.78. The Kier molecular flexibility index (Phi) is 4.81. The van der Waals surface area contributed by atoms with Crippen LogP contribution in [0.3, 0.4) is 0 Å². The van der Waals surface area contributed by atoms with Crippen molar-refractivity contribution in [2.75, 3.05) is 5.01 Å². The van der Waals surface area contributed by atoms with E-state index in [1.807, 2.05) is 29.3 Å². The Morgan fingerprint density at radius 3 is 2.33 bits per heavy atom. The van der Waals surface area contributed by atoms with E-state index in [-0.39, 0.29) is 11.8 Å². The molecule has 1 saturated carbocycles. The molecule has 0 saturated heterocycles. The van der Waals surface area contributed by atoms with Crippen molar-refractivity contribution >= 4 is 28.8 Å². The summed E-state index contributed by atoms with van der Waals surface area (Å²) in [4.78, 5) is 11.6. The molecule has 2 aromatic carbocycles. The second kappa shape index (κ2) is 7.12. The van der Waals surface area contributed by atoms with Gasteiger partial charge in [0.1, 0.15) is 5.78 Å². The average molecular weight is 383 g/mol. The van der Waals surface area contributed by atoms with Crippen molar-refractivity contribution in [3.63, 3.8) is 0 Å². The Morgan fingerprint density at radius 2 is 1.70 bits per heavy atom. The molecule has 140 valence electrons. The molecule has 5 heteroatoms. The molecule has 2 aliphatic rings. The van der Waals surface area contributed by atoms with Crippen molar-refractivity contribution in [3.05, 3.63) is 70.8 Å². The molecule has 0 bridgehead atoms. The summed E-state index contributed by atoms with van der Waals surface area (Å²) in [6.45, 7) is 2.06. The highest BCUT2D eigenvalue weighted by atomic mass is 35.5. The average Bonchev–Trinajstić information content (AvgIpc) is 3.12. The van der Waals surface area contributed by atoms with Gasteiger partial charge in [0.05, 0.1) is 23.0 Å².